The third-order valence-corrected chi connectivity index (χ3v) is 3.15. The fourth-order valence-corrected chi connectivity index (χ4v) is 2.16. The molecule has 0 bridgehead atoms. The highest BCUT2D eigenvalue weighted by atomic mass is 15.0. The van der Waals surface area contributed by atoms with Crippen LogP contribution in [-0.2, 0) is 7.05 Å². The molecular formula is C14H19N3. The van der Waals surface area contributed by atoms with E-state index in [9.17, 15) is 0 Å². The van der Waals surface area contributed by atoms with E-state index in [1.165, 1.54) is 11.1 Å². The first-order valence-corrected chi connectivity index (χ1v) is 6.00. The fourth-order valence-electron chi connectivity index (χ4n) is 2.16. The Labute approximate surface area is 102 Å². The summed E-state index contributed by atoms with van der Waals surface area (Å²) in [6.45, 7) is 2.94. The van der Waals surface area contributed by atoms with E-state index >= 15 is 0 Å². The second kappa shape index (κ2) is 5.15. The maximum absolute atomic E-state index is 5.64. The average molecular weight is 229 g/mol. The van der Waals surface area contributed by atoms with Crippen LogP contribution in [0.5, 0.6) is 0 Å². The van der Waals surface area contributed by atoms with E-state index in [2.05, 4.69) is 36.2 Å². The number of rotatable bonds is 4. The van der Waals surface area contributed by atoms with E-state index < -0.39 is 0 Å². The third kappa shape index (κ3) is 2.39. The van der Waals surface area contributed by atoms with Gasteiger partial charge in [-0.2, -0.15) is 0 Å². The first kappa shape index (κ1) is 11.9. The van der Waals surface area contributed by atoms with E-state index in [-0.39, 0.29) is 0 Å². The number of aryl methyl sites for hydroxylation is 1. The Bertz CT molecular complexity index is 488. The predicted molar refractivity (Wildman–Crippen MR) is 70.7 cm³/mol. The molecule has 1 aromatic carbocycles. The summed E-state index contributed by atoms with van der Waals surface area (Å²) in [6, 6.07) is 8.44. The van der Waals surface area contributed by atoms with Crippen LogP contribution < -0.4 is 5.73 Å². The number of benzene rings is 1. The number of nitrogens with two attached hydrogens (primary N) is 1. The van der Waals surface area contributed by atoms with Gasteiger partial charge in [0.15, 0.2) is 0 Å². The van der Waals surface area contributed by atoms with Gasteiger partial charge in [0, 0.05) is 25.0 Å². The van der Waals surface area contributed by atoms with Crippen molar-refractivity contribution in [3.05, 3.63) is 42.2 Å². The van der Waals surface area contributed by atoms with Crippen LogP contribution >= 0.6 is 0 Å². The van der Waals surface area contributed by atoms with Gasteiger partial charge in [0.1, 0.15) is 5.82 Å². The lowest BCUT2D eigenvalue weighted by molar-refractivity contribution is 0.690. The Morgan fingerprint density at radius 3 is 2.76 bits per heavy atom. The second-order valence-electron chi connectivity index (χ2n) is 4.43. The SMILES string of the molecule is CC(CCN)c1ccccc1-c1nccn1C. The molecule has 2 N–H and O–H groups in total. The Balaban J connectivity index is 2.44. The highest BCUT2D eigenvalue weighted by Crippen LogP contribution is 2.29. The van der Waals surface area contributed by atoms with Crippen LogP contribution in [0.2, 0.25) is 0 Å². The van der Waals surface area contributed by atoms with Crippen LogP contribution in [0, 0.1) is 0 Å². The maximum atomic E-state index is 5.64. The molecule has 0 amide bonds. The fraction of sp³-hybridized carbons (Fsp3) is 0.357. The Morgan fingerprint density at radius 2 is 2.12 bits per heavy atom. The van der Waals surface area contributed by atoms with Gasteiger partial charge in [0.2, 0.25) is 0 Å². The monoisotopic (exact) mass is 229 g/mol. The van der Waals surface area contributed by atoms with Crippen molar-refractivity contribution in [2.45, 2.75) is 19.3 Å². The number of aromatic nitrogens is 2. The molecule has 90 valence electrons. The minimum Gasteiger partial charge on any atom is -0.334 e. The standard InChI is InChI=1S/C14H19N3/c1-11(7-8-15)12-5-3-4-6-13(12)14-16-9-10-17(14)2/h3-6,9-11H,7-8,15H2,1-2H3. The number of hydrogen-bond acceptors (Lipinski definition) is 2. The molecule has 17 heavy (non-hydrogen) atoms. The minimum atomic E-state index is 0.466. The summed E-state index contributed by atoms with van der Waals surface area (Å²) >= 11 is 0. The van der Waals surface area contributed by atoms with Gasteiger partial charge < -0.3 is 10.3 Å². The normalized spacial score (nSPS) is 12.6. The summed E-state index contributed by atoms with van der Waals surface area (Å²) in [5, 5.41) is 0. The molecule has 0 fully saturated rings. The smallest absolute Gasteiger partial charge is 0.139 e. The lowest BCUT2D eigenvalue weighted by Gasteiger charge is -2.15. The van der Waals surface area contributed by atoms with E-state index in [4.69, 9.17) is 5.73 Å². The molecule has 0 aliphatic rings. The number of nitrogens with zero attached hydrogens (tertiary/aromatic N) is 2. The highest BCUT2D eigenvalue weighted by molar-refractivity contribution is 5.61. The summed E-state index contributed by atoms with van der Waals surface area (Å²) < 4.78 is 2.05. The largest absolute Gasteiger partial charge is 0.334 e. The molecule has 1 unspecified atom stereocenters. The topological polar surface area (TPSA) is 43.8 Å². The molecule has 1 aromatic heterocycles. The Hall–Kier alpha value is -1.61. The zero-order valence-corrected chi connectivity index (χ0v) is 10.4. The molecule has 0 aliphatic heterocycles. The molecule has 0 saturated heterocycles. The summed E-state index contributed by atoms with van der Waals surface area (Å²) in [4.78, 5) is 4.42. The Kier molecular flexibility index (Phi) is 3.59. The van der Waals surface area contributed by atoms with Crippen molar-refractivity contribution in [2.75, 3.05) is 6.54 Å². The molecule has 0 spiro atoms. The van der Waals surface area contributed by atoms with Crippen LogP contribution in [0.1, 0.15) is 24.8 Å². The quantitative estimate of drug-likeness (QED) is 0.875. The van der Waals surface area contributed by atoms with Gasteiger partial charge in [-0.1, -0.05) is 31.2 Å². The van der Waals surface area contributed by atoms with Gasteiger partial charge in [-0.25, -0.2) is 4.98 Å². The van der Waals surface area contributed by atoms with Gasteiger partial charge in [0.25, 0.3) is 0 Å². The van der Waals surface area contributed by atoms with E-state index in [1.54, 1.807) is 0 Å². The highest BCUT2D eigenvalue weighted by Gasteiger charge is 2.13. The van der Waals surface area contributed by atoms with Gasteiger partial charge >= 0.3 is 0 Å². The van der Waals surface area contributed by atoms with Crippen LogP contribution in [0.4, 0.5) is 0 Å². The summed E-state index contributed by atoms with van der Waals surface area (Å²) in [5.41, 5.74) is 8.18. The summed E-state index contributed by atoms with van der Waals surface area (Å²) in [7, 11) is 2.02. The molecular weight excluding hydrogens is 210 g/mol. The van der Waals surface area contributed by atoms with Crippen molar-refractivity contribution in [2.24, 2.45) is 12.8 Å². The van der Waals surface area contributed by atoms with E-state index in [1.807, 2.05) is 24.0 Å². The van der Waals surface area contributed by atoms with Crippen molar-refractivity contribution >= 4 is 0 Å². The van der Waals surface area contributed by atoms with Gasteiger partial charge in [-0.15, -0.1) is 0 Å². The zero-order chi connectivity index (χ0) is 12.3. The average Bonchev–Trinajstić information content (AvgIpc) is 2.76. The first-order chi connectivity index (χ1) is 8.24. The number of hydrogen-bond donors (Lipinski definition) is 1. The minimum absolute atomic E-state index is 0.466. The summed E-state index contributed by atoms with van der Waals surface area (Å²) in [5.74, 6) is 1.48. The lowest BCUT2D eigenvalue weighted by Crippen LogP contribution is -2.06. The third-order valence-electron chi connectivity index (χ3n) is 3.15. The molecule has 0 radical (unpaired) electrons. The van der Waals surface area contributed by atoms with Crippen molar-refractivity contribution in [1.29, 1.82) is 0 Å². The second-order valence-corrected chi connectivity index (χ2v) is 4.43. The molecule has 3 nitrogen and oxygen atoms in total. The molecule has 0 aliphatic carbocycles. The van der Waals surface area contributed by atoms with Gasteiger partial charge in [-0.05, 0) is 24.4 Å². The lowest BCUT2D eigenvalue weighted by atomic mass is 9.93. The van der Waals surface area contributed by atoms with Crippen molar-refractivity contribution in [3.63, 3.8) is 0 Å². The van der Waals surface area contributed by atoms with Crippen LogP contribution in [-0.4, -0.2) is 16.1 Å². The summed E-state index contributed by atoms with van der Waals surface area (Å²) in [6.07, 6.45) is 4.81. The van der Waals surface area contributed by atoms with Crippen molar-refractivity contribution in [3.8, 4) is 11.4 Å². The Morgan fingerprint density at radius 1 is 1.35 bits per heavy atom. The zero-order valence-electron chi connectivity index (χ0n) is 10.4. The molecule has 1 atom stereocenters. The van der Waals surface area contributed by atoms with Crippen LogP contribution in [0.25, 0.3) is 11.4 Å². The van der Waals surface area contributed by atoms with Crippen LogP contribution in [0.3, 0.4) is 0 Å². The molecule has 2 rings (SSSR count). The maximum Gasteiger partial charge on any atom is 0.139 e. The van der Waals surface area contributed by atoms with Crippen molar-refractivity contribution < 1.29 is 0 Å². The van der Waals surface area contributed by atoms with E-state index in [0.29, 0.717) is 5.92 Å². The first-order valence-electron chi connectivity index (χ1n) is 6.00. The van der Waals surface area contributed by atoms with Crippen molar-refractivity contribution in [1.82, 2.24) is 9.55 Å². The predicted octanol–water partition coefficient (Wildman–Crippen LogP) is 2.54. The molecule has 0 saturated carbocycles. The molecule has 3 heteroatoms. The van der Waals surface area contributed by atoms with E-state index in [0.717, 1.165) is 18.8 Å². The van der Waals surface area contributed by atoms with Gasteiger partial charge in [-0.3, -0.25) is 0 Å². The van der Waals surface area contributed by atoms with Gasteiger partial charge in [0.05, 0.1) is 0 Å². The number of imidazole rings is 1. The van der Waals surface area contributed by atoms with Crippen LogP contribution in [0.15, 0.2) is 36.7 Å². The molecule has 2 aromatic rings. The molecule has 1 heterocycles.